The minimum atomic E-state index is 0.603. The van der Waals surface area contributed by atoms with Crippen LogP contribution in [-0.4, -0.2) is 9.55 Å². The van der Waals surface area contributed by atoms with Gasteiger partial charge in [0.05, 0.1) is 5.52 Å². The summed E-state index contributed by atoms with van der Waals surface area (Å²) in [6.45, 7) is 5.34. The minimum Gasteiger partial charge on any atom is -0.347 e. The number of halogens is 1. The largest absolute Gasteiger partial charge is 0.347 e. The lowest BCUT2D eigenvalue weighted by molar-refractivity contribution is 0.649. The quantitative estimate of drug-likeness (QED) is 0.723. The number of aromatic nitrogens is 2. The van der Waals surface area contributed by atoms with Gasteiger partial charge in [-0.3, -0.25) is 0 Å². The summed E-state index contributed by atoms with van der Waals surface area (Å²) in [6.07, 6.45) is 6.34. The van der Waals surface area contributed by atoms with Gasteiger partial charge in [0.2, 0.25) is 0 Å². The van der Waals surface area contributed by atoms with Crippen LogP contribution < -0.4 is 0 Å². The van der Waals surface area contributed by atoms with Crippen LogP contribution in [-0.2, 0) is 6.54 Å². The van der Waals surface area contributed by atoms with Crippen LogP contribution in [0.1, 0.15) is 25.3 Å². The number of rotatable bonds is 3. The van der Waals surface area contributed by atoms with Crippen molar-refractivity contribution in [2.24, 2.45) is 0 Å². The molecule has 0 aliphatic heterocycles. The molecule has 3 heteroatoms. The molecule has 80 valence electrons. The molecule has 0 spiro atoms. The number of nitrogens with zero attached hydrogens (tertiary/aromatic N) is 2. The molecule has 2 heterocycles. The highest BCUT2D eigenvalue weighted by molar-refractivity contribution is 6.34. The van der Waals surface area contributed by atoms with E-state index in [4.69, 9.17) is 11.6 Å². The second kappa shape index (κ2) is 4.23. The van der Waals surface area contributed by atoms with Crippen molar-refractivity contribution in [3.63, 3.8) is 0 Å². The zero-order valence-electron chi connectivity index (χ0n) is 9.13. The van der Waals surface area contributed by atoms with Gasteiger partial charge in [-0.1, -0.05) is 24.9 Å². The van der Waals surface area contributed by atoms with Crippen LogP contribution in [0, 0.1) is 6.92 Å². The number of hydrogen-bond acceptors (Lipinski definition) is 1. The summed E-state index contributed by atoms with van der Waals surface area (Å²) in [5.41, 5.74) is 2.42. The predicted octanol–water partition coefficient (Wildman–Crippen LogP) is 3.80. The van der Waals surface area contributed by atoms with Gasteiger partial charge in [-0.25, -0.2) is 4.98 Å². The lowest BCUT2D eigenvalue weighted by Gasteiger charge is -2.06. The number of unbranched alkanes of at least 4 members (excludes halogenated alkanes) is 1. The second-order valence-corrected chi connectivity index (χ2v) is 4.22. The summed E-state index contributed by atoms with van der Waals surface area (Å²) in [4.78, 5) is 4.15. The Labute approximate surface area is 94.9 Å². The first-order valence-electron chi connectivity index (χ1n) is 5.34. The molecule has 2 nitrogen and oxygen atoms in total. The molecular formula is C12H15ClN2. The molecule has 0 radical (unpaired) electrons. The van der Waals surface area contributed by atoms with Crippen molar-refractivity contribution in [2.45, 2.75) is 33.2 Å². The van der Waals surface area contributed by atoms with Crippen LogP contribution in [0.2, 0.25) is 5.15 Å². The molecule has 0 aliphatic rings. The molecule has 0 unspecified atom stereocenters. The Balaban J connectivity index is 2.53. The van der Waals surface area contributed by atoms with Crippen molar-refractivity contribution in [1.82, 2.24) is 9.55 Å². The molecule has 0 aliphatic carbocycles. The molecule has 0 amide bonds. The van der Waals surface area contributed by atoms with Crippen LogP contribution in [0.25, 0.3) is 10.9 Å². The van der Waals surface area contributed by atoms with Crippen LogP contribution in [0.3, 0.4) is 0 Å². The van der Waals surface area contributed by atoms with E-state index in [1.807, 2.05) is 12.3 Å². The molecule has 0 atom stereocenters. The fraction of sp³-hybridized carbons (Fsp3) is 0.417. The van der Waals surface area contributed by atoms with Gasteiger partial charge in [0, 0.05) is 24.3 Å². The van der Waals surface area contributed by atoms with E-state index < -0.39 is 0 Å². The highest BCUT2D eigenvalue weighted by Gasteiger charge is 2.07. The molecule has 0 saturated heterocycles. The van der Waals surface area contributed by atoms with Crippen molar-refractivity contribution >= 4 is 22.5 Å². The van der Waals surface area contributed by atoms with Gasteiger partial charge in [-0.2, -0.15) is 0 Å². The minimum absolute atomic E-state index is 0.603. The average molecular weight is 223 g/mol. The number of aryl methyl sites for hydroxylation is 2. The molecule has 0 N–H and O–H groups in total. The highest BCUT2D eigenvalue weighted by Crippen LogP contribution is 2.25. The molecular weight excluding hydrogens is 208 g/mol. The van der Waals surface area contributed by atoms with E-state index >= 15 is 0 Å². The van der Waals surface area contributed by atoms with Crippen molar-refractivity contribution in [3.05, 3.63) is 29.2 Å². The van der Waals surface area contributed by atoms with Crippen molar-refractivity contribution < 1.29 is 0 Å². The van der Waals surface area contributed by atoms with Crippen molar-refractivity contribution in [3.8, 4) is 0 Å². The van der Waals surface area contributed by atoms with Gasteiger partial charge in [-0.05, 0) is 25.0 Å². The predicted molar refractivity (Wildman–Crippen MR) is 64.4 cm³/mol. The molecule has 2 rings (SSSR count). The van der Waals surface area contributed by atoms with E-state index in [0.717, 1.165) is 11.9 Å². The maximum Gasteiger partial charge on any atom is 0.138 e. The standard InChI is InChI=1S/C12H15ClN2/c1-3-4-6-15-7-5-10-11(15)9(2)8-14-12(10)13/h5,7-8H,3-4,6H2,1-2H3. The summed E-state index contributed by atoms with van der Waals surface area (Å²) in [5, 5.41) is 1.67. The van der Waals surface area contributed by atoms with E-state index in [1.165, 1.54) is 23.9 Å². The molecule has 0 fully saturated rings. The maximum absolute atomic E-state index is 6.05. The first-order chi connectivity index (χ1) is 7.24. The summed E-state index contributed by atoms with van der Waals surface area (Å²) in [6, 6.07) is 2.05. The van der Waals surface area contributed by atoms with E-state index in [0.29, 0.717) is 5.15 Å². The Morgan fingerprint density at radius 3 is 3.00 bits per heavy atom. The third-order valence-electron chi connectivity index (χ3n) is 2.68. The van der Waals surface area contributed by atoms with E-state index in [-0.39, 0.29) is 0 Å². The van der Waals surface area contributed by atoms with Gasteiger partial charge in [0.25, 0.3) is 0 Å². The monoisotopic (exact) mass is 222 g/mol. The Hall–Kier alpha value is -1.02. The zero-order chi connectivity index (χ0) is 10.8. The van der Waals surface area contributed by atoms with Crippen LogP contribution in [0.15, 0.2) is 18.5 Å². The van der Waals surface area contributed by atoms with E-state index in [1.54, 1.807) is 0 Å². The number of fused-ring (bicyclic) bond motifs is 1. The fourth-order valence-corrected chi connectivity index (χ4v) is 2.08. The van der Waals surface area contributed by atoms with Gasteiger partial charge in [0.15, 0.2) is 0 Å². The summed E-state index contributed by atoms with van der Waals surface area (Å²) in [7, 11) is 0. The van der Waals surface area contributed by atoms with E-state index in [2.05, 4.69) is 29.6 Å². The fourth-order valence-electron chi connectivity index (χ4n) is 1.88. The zero-order valence-corrected chi connectivity index (χ0v) is 9.88. The molecule has 0 aromatic carbocycles. The van der Waals surface area contributed by atoms with Gasteiger partial charge in [0.1, 0.15) is 5.15 Å². The van der Waals surface area contributed by atoms with Crippen LogP contribution in [0.5, 0.6) is 0 Å². The SMILES string of the molecule is CCCCn1ccc2c(Cl)ncc(C)c21. The van der Waals surface area contributed by atoms with Gasteiger partial charge < -0.3 is 4.57 Å². The molecule has 2 aromatic heterocycles. The van der Waals surface area contributed by atoms with Crippen LogP contribution >= 0.6 is 11.6 Å². The molecule has 15 heavy (non-hydrogen) atoms. The van der Waals surface area contributed by atoms with Gasteiger partial charge in [-0.15, -0.1) is 0 Å². The normalized spacial score (nSPS) is 11.1. The third kappa shape index (κ3) is 1.86. The first kappa shape index (κ1) is 10.5. The lowest BCUT2D eigenvalue weighted by atomic mass is 10.2. The third-order valence-corrected chi connectivity index (χ3v) is 2.98. The van der Waals surface area contributed by atoms with Crippen LogP contribution in [0.4, 0.5) is 0 Å². The summed E-state index contributed by atoms with van der Waals surface area (Å²) in [5.74, 6) is 0. The second-order valence-electron chi connectivity index (χ2n) is 3.86. The lowest BCUT2D eigenvalue weighted by Crippen LogP contribution is -1.97. The highest BCUT2D eigenvalue weighted by atomic mass is 35.5. The smallest absolute Gasteiger partial charge is 0.138 e. The first-order valence-corrected chi connectivity index (χ1v) is 5.71. The maximum atomic E-state index is 6.05. The Morgan fingerprint density at radius 1 is 1.47 bits per heavy atom. The van der Waals surface area contributed by atoms with E-state index in [9.17, 15) is 0 Å². The Morgan fingerprint density at radius 2 is 2.27 bits per heavy atom. The molecule has 0 saturated carbocycles. The van der Waals surface area contributed by atoms with Crippen molar-refractivity contribution in [2.75, 3.05) is 0 Å². The number of hydrogen-bond donors (Lipinski definition) is 0. The van der Waals surface area contributed by atoms with Crippen molar-refractivity contribution in [1.29, 1.82) is 0 Å². The Bertz CT molecular complexity index is 474. The number of pyridine rings is 1. The summed E-state index contributed by atoms with van der Waals surface area (Å²) >= 11 is 6.05. The summed E-state index contributed by atoms with van der Waals surface area (Å²) < 4.78 is 2.27. The average Bonchev–Trinajstić information content (AvgIpc) is 2.65. The Kier molecular flexibility index (Phi) is 2.96. The van der Waals surface area contributed by atoms with Gasteiger partial charge >= 0.3 is 0 Å². The molecule has 0 bridgehead atoms. The molecule has 2 aromatic rings. The topological polar surface area (TPSA) is 17.8 Å².